The van der Waals surface area contributed by atoms with Crippen LogP contribution < -0.4 is 0 Å². The van der Waals surface area contributed by atoms with Gasteiger partial charge in [-0.15, -0.1) is 0 Å². The first-order chi connectivity index (χ1) is 35.5. The third-order valence-corrected chi connectivity index (χ3v) is 8.21. The van der Waals surface area contributed by atoms with Gasteiger partial charge in [0.05, 0.1) is 37.0 Å². The van der Waals surface area contributed by atoms with E-state index >= 15 is 0 Å². The zero-order valence-electron chi connectivity index (χ0n) is 51.6. The number of fused-ring (bicyclic) bond motifs is 6. The average molecular weight is 650 g/mol. The molecule has 0 bridgehead atoms. The van der Waals surface area contributed by atoms with Gasteiger partial charge < -0.3 is 4.42 Å². The predicted octanol–water partition coefficient (Wildman–Crippen LogP) is 13.7. The van der Waals surface area contributed by atoms with Crippen molar-refractivity contribution in [1.82, 2.24) is 0 Å². The van der Waals surface area contributed by atoms with Crippen LogP contribution in [-0.2, 0) is 0 Å². The zero-order valence-corrected chi connectivity index (χ0v) is 24.6. The lowest BCUT2D eigenvalue weighted by Gasteiger charge is -2.18. The lowest BCUT2D eigenvalue weighted by atomic mass is 9.84. The molecule has 0 unspecified atom stereocenters. The first-order valence-corrected chi connectivity index (χ1v) is 14.6. The molecule has 0 fully saturated rings. The lowest BCUT2D eigenvalue weighted by molar-refractivity contribution is 0.633. The van der Waals surface area contributed by atoms with Gasteiger partial charge in [0, 0.05) is 22.1 Å². The predicted molar refractivity (Wildman–Crippen MR) is 208 cm³/mol. The fourth-order valence-electron chi connectivity index (χ4n) is 6.21. The van der Waals surface area contributed by atoms with E-state index in [2.05, 4.69) is 0 Å². The highest BCUT2D eigenvalue weighted by molar-refractivity contribution is 6.26. The fraction of sp³-hybridized carbons (Fsp3) is 0. The largest absolute Gasteiger partial charge is 0.455 e. The van der Waals surface area contributed by atoms with E-state index in [1.807, 2.05) is 0 Å². The Hall–Kier alpha value is -6.44. The first kappa shape index (κ1) is 11.9. The monoisotopic (exact) mass is 649 g/mol. The molecule has 10 rings (SSSR count). The van der Waals surface area contributed by atoms with Crippen LogP contribution in [-0.4, -0.2) is 0 Å². The Morgan fingerprint density at radius 3 is 1.53 bits per heavy atom. The molecule has 1 heterocycles. The Morgan fingerprint density at radius 1 is 0.367 bits per heavy atom. The van der Waals surface area contributed by atoms with E-state index in [0.29, 0.717) is 0 Å². The van der Waals surface area contributed by atoms with Crippen molar-refractivity contribution in [2.45, 2.75) is 0 Å². The van der Waals surface area contributed by atoms with Gasteiger partial charge in [-0.2, -0.15) is 0 Å². The van der Waals surface area contributed by atoms with Crippen LogP contribution in [0.4, 0.5) is 0 Å². The smallest absolute Gasteiger partial charge is 0.143 e. The van der Waals surface area contributed by atoms with Gasteiger partial charge in [-0.25, -0.2) is 0 Å². The van der Waals surface area contributed by atoms with Crippen LogP contribution in [0.15, 0.2) is 186 Å². The van der Waals surface area contributed by atoms with E-state index in [1.54, 1.807) is 0 Å². The summed E-state index contributed by atoms with van der Waals surface area (Å²) in [5, 5.41) is -5.00. The van der Waals surface area contributed by atoms with E-state index < -0.39 is 240 Å². The summed E-state index contributed by atoms with van der Waals surface area (Å²) in [5.41, 5.74) is -3.85. The summed E-state index contributed by atoms with van der Waals surface area (Å²) >= 11 is 0. The van der Waals surface area contributed by atoms with Gasteiger partial charge in [-0.05, 0) is 83.5 Å². The number of benzene rings is 9. The Balaban J connectivity index is 1.58. The maximum absolute atomic E-state index is 9.94. The summed E-state index contributed by atoms with van der Waals surface area (Å²) in [6, 6.07) is -19.6. The Morgan fingerprint density at radius 2 is 0.878 bits per heavy atom. The first-order valence-electron chi connectivity index (χ1n) is 28.1. The van der Waals surface area contributed by atoms with E-state index in [1.165, 1.54) is 18.2 Å². The molecule has 1 heteroatoms. The number of hydrogen-bond acceptors (Lipinski definition) is 1. The normalized spacial score (nSPS) is 19.4. The quantitative estimate of drug-likeness (QED) is 0.137. The Labute approximate surface area is 322 Å². The van der Waals surface area contributed by atoms with Crippen LogP contribution in [0.3, 0.4) is 0 Å². The minimum absolute atomic E-state index is 0.100. The van der Waals surface area contributed by atoms with Crippen LogP contribution in [0, 0.1) is 0 Å². The van der Waals surface area contributed by atoms with Gasteiger partial charge in [0.25, 0.3) is 0 Å². The van der Waals surface area contributed by atoms with E-state index in [-0.39, 0.29) is 22.1 Å². The van der Waals surface area contributed by atoms with Crippen LogP contribution in [0.5, 0.6) is 0 Å². The molecule has 0 saturated carbocycles. The summed E-state index contributed by atoms with van der Waals surface area (Å²) in [6.45, 7) is 0. The van der Waals surface area contributed by atoms with Gasteiger partial charge in [-0.3, -0.25) is 0 Å². The second-order valence-corrected chi connectivity index (χ2v) is 10.8. The third kappa shape index (κ3) is 4.33. The van der Waals surface area contributed by atoms with E-state index in [0.717, 1.165) is 0 Å². The summed E-state index contributed by atoms with van der Waals surface area (Å²) in [6.07, 6.45) is 0. The van der Waals surface area contributed by atoms with Gasteiger partial charge in [0.1, 0.15) is 11.3 Å². The van der Waals surface area contributed by atoms with Crippen molar-refractivity contribution >= 4 is 54.1 Å². The van der Waals surface area contributed by atoms with Crippen molar-refractivity contribution in [1.29, 1.82) is 0 Å². The standard InChI is InChI=1S/C48H30O/c1-3-15-31(16-4-1)33-27-28-42-44(30-33)49-48(43-29-34-19-7-8-20-35(34)36-21-9-10-22-37(36)43)47(42)46-40-25-13-11-23-38(40)45(32-17-5-2-6-18-32)39-24-12-14-26-41(39)46/h1-30H/i1D,2D,3D,4D,5D,6D,7D,8D,9D,10D,11D,12D,13D,14D,15D,16D,17D,18D,19D,20D,21D,22D,23D,24D,25D,26D,29D. The molecule has 1 nitrogen and oxygen atoms in total. The molecular formula is C48H30O. The maximum Gasteiger partial charge on any atom is 0.143 e. The molecule has 0 radical (unpaired) electrons. The molecule has 0 aliphatic carbocycles. The number of hydrogen-bond donors (Lipinski definition) is 0. The van der Waals surface area contributed by atoms with Crippen molar-refractivity contribution in [3.63, 3.8) is 0 Å². The van der Waals surface area contributed by atoms with Crippen LogP contribution in [0.25, 0.3) is 98.8 Å². The molecule has 0 atom stereocenters. The molecule has 0 saturated heterocycles. The highest BCUT2D eigenvalue weighted by atomic mass is 16.3. The molecule has 9 aromatic carbocycles. The second kappa shape index (κ2) is 11.1. The number of furan rings is 1. The van der Waals surface area contributed by atoms with Gasteiger partial charge >= 0.3 is 0 Å². The molecule has 228 valence electrons. The topological polar surface area (TPSA) is 13.1 Å². The molecule has 1 aromatic heterocycles. The van der Waals surface area contributed by atoms with Crippen LogP contribution >= 0.6 is 0 Å². The molecule has 49 heavy (non-hydrogen) atoms. The Bertz CT molecular complexity index is 4290. The van der Waals surface area contributed by atoms with Gasteiger partial charge in [-0.1, -0.05) is 163 Å². The van der Waals surface area contributed by atoms with Crippen molar-refractivity contribution in [2.75, 3.05) is 0 Å². The number of rotatable bonds is 4. The van der Waals surface area contributed by atoms with E-state index in [4.69, 9.17) is 31.8 Å². The highest BCUT2D eigenvalue weighted by Gasteiger charge is 2.25. The van der Waals surface area contributed by atoms with Crippen molar-refractivity contribution in [3.8, 4) is 44.7 Å². The van der Waals surface area contributed by atoms with Crippen LogP contribution in [0.1, 0.15) is 37.0 Å². The second-order valence-electron chi connectivity index (χ2n) is 10.8. The lowest BCUT2D eigenvalue weighted by Crippen LogP contribution is -1.92. The van der Waals surface area contributed by atoms with Gasteiger partial charge in [0.15, 0.2) is 0 Å². The van der Waals surface area contributed by atoms with Crippen molar-refractivity contribution in [2.24, 2.45) is 0 Å². The molecular weight excluding hydrogens is 593 g/mol. The SMILES string of the molecule is [2H]c1c([2H])c([2H])c(-c2ccc3c(-c4c5c([2H])c([2H])c([2H])c([2H])c5c(-c5c([2H])c([2H])c([2H])c([2H])c5[2H])c5c([2H])c([2H])c([2H])c([2H])c45)c(-c4c([2H])c5c([2H])c([2H])c([2H])c([2H])c5c5c([2H])c([2H])c([2H])c([2H])c45)oc3c2)c([2H])c1[2H]. The van der Waals surface area contributed by atoms with Crippen molar-refractivity contribution in [3.05, 3.63) is 181 Å². The highest BCUT2D eigenvalue weighted by Crippen LogP contribution is 2.51. The molecule has 0 N–H and O–H groups in total. The molecule has 0 aliphatic rings. The molecule has 0 spiro atoms. The van der Waals surface area contributed by atoms with Crippen LogP contribution in [0.2, 0.25) is 0 Å². The molecule has 10 aromatic rings. The summed E-state index contributed by atoms with van der Waals surface area (Å²) in [7, 11) is 0. The summed E-state index contributed by atoms with van der Waals surface area (Å²) in [5.74, 6) is -0.680. The summed E-state index contributed by atoms with van der Waals surface area (Å²) < 4.78 is 249. The zero-order chi connectivity index (χ0) is 55.8. The minimum Gasteiger partial charge on any atom is -0.455 e. The summed E-state index contributed by atoms with van der Waals surface area (Å²) in [4.78, 5) is 0. The fourth-order valence-corrected chi connectivity index (χ4v) is 6.21. The maximum atomic E-state index is 9.94. The van der Waals surface area contributed by atoms with E-state index in [9.17, 15) is 9.60 Å². The molecule has 0 aliphatic heterocycles. The average Bonchev–Trinajstić information content (AvgIpc) is 3.92. The minimum atomic E-state index is -0.953. The Kier molecular flexibility index (Phi) is 2.69. The van der Waals surface area contributed by atoms with Gasteiger partial charge in [0.2, 0.25) is 0 Å². The van der Waals surface area contributed by atoms with Crippen molar-refractivity contribution < 1.29 is 41.4 Å². The third-order valence-electron chi connectivity index (χ3n) is 8.21. The molecule has 0 amide bonds.